The van der Waals surface area contributed by atoms with E-state index in [9.17, 15) is 4.39 Å². The maximum Gasteiger partial charge on any atom is 0.155 e. The first kappa shape index (κ1) is 15.7. The zero-order chi connectivity index (χ0) is 17.5. The van der Waals surface area contributed by atoms with Gasteiger partial charge in [0.2, 0.25) is 0 Å². The second-order valence-electron chi connectivity index (χ2n) is 7.13. The van der Waals surface area contributed by atoms with Crippen LogP contribution in [0, 0.1) is 0 Å². The third kappa shape index (κ3) is 2.92. The fourth-order valence-electron chi connectivity index (χ4n) is 3.50. The molecule has 26 heavy (non-hydrogen) atoms. The Morgan fingerprint density at radius 2 is 2.08 bits per heavy atom. The summed E-state index contributed by atoms with van der Waals surface area (Å²) in [4.78, 5) is 13.7. The summed E-state index contributed by atoms with van der Waals surface area (Å²) < 4.78 is 16.1. The van der Waals surface area contributed by atoms with Crippen LogP contribution in [0.3, 0.4) is 0 Å². The van der Waals surface area contributed by atoms with Crippen LogP contribution >= 0.6 is 0 Å². The van der Waals surface area contributed by atoms with E-state index in [1.54, 1.807) is 0 Å². The number of imidazole rings is 1. The zero-order valence-corrected chi connectivity index (χ0v) is 14.4. The molecule has 0 bridgehead atoms. The number of nitrogens with one attached hydrogen (secondary N) is 2. The molecule has 1 aliphatic carbocycles. The highest BCUT2D eigenvalue weighted by atomic mass is 19.1. The summed E-state index contributed by atoms with van der Waals surface area (Å²) in [7, 11) is 0. The zero-order valence-electron chi connectivity index (χ0n) is 14.4. The van der Waals surface area contributed by atoms with Gasteiger partial charge in [0.15, 0.2) is 5.65 Å². The molecule has 4 heterocycles. The summed E-state index contributed by atoms with van der Waals surface area (Å²) in [6, 6.07) is 5.53. The summed E-state index contributed by atoms with van der Waals surface area (Å²) in [5.74, 6) is 1.26. The highest BCUT2D eigenvalue weighted by Gasteiger charge is 2.26. The van der Waals surface area contributed by atoms with Gasteiger partial charge in [-0.3, -0.25) is 9.38 Å². The Labute approximate surface area is 150 Å². The van der Waals surface area contributed by atoms with Gasteiger partial charge in [0.25, 0.3) is 0 Å². The van der Waals surface area contributed by atoms with Crippen LogP contribution in [-0.2, 0) is 0 Å². The molecule has 5 rings (SSSR count). The van der Waals surface area contributed by atoms with Crippen molar-refractivity contribution in [2.24, 2.45) is 0 Å². The van der Waals surface area contributed by atoms with Gasteiger partial charge in [0, 0.05) is 18.7 Å². The van der Waals surface area contributed by atoms with Gasteiger partial charge < -0.3 is 10.6 Å². The molecule has 0 radical (unpaired) electrons. The maximum absolute atomic E-state index is 14.1. The van der Waals surface area contributed by atoms with Crippen LogP contribution < -0.4 is 10.6 Å². The average molecular weight is 352 g/mol. The lowest BCUT2D eigenvalue weighted by Gasteiger charge is -2.28. The van der Waals surface area contributed by atoms with Gasteiger partial charge in [-0.25, -0.2) is 14.4 Å². The van der Waals surface area contributed by atoms with Crippen LogP contribution in [0.4, 0.5) is 10.2 Å². The summed E-state index contributed by atoms with van der Waals surface area (Å²) in [5, 5.41) is 6.45. The maximum atomic E-state index is 14.1. The lowest BCUT2D eigenvalue weighted by atomic mass is 10.1. The van der Waals surface area contributed by atoms with Gasteiger partial charge in [-0.2, -0.15) is 0 Å². The summed E-state index contributed by atoms with van der Waals surface area (Å²) in [5.41, 5.74) is 3.66. The first-order valence-electron chi connectivity index (χ1n) is 9.20. The first-order valence-corrected chi connectivity index (χ1v) is 9.20. The Morgan fingerprint density at radius 3 is 2.92 bits per heavy atom. The van der Waals surface area contributed by atoms with E-state index >= 15 is 0 Å². The van der Waals surface area contributed by atoms with Crippen molar-refractivity contribution in [1.82, 2.24) is 24.7 Å². The van der Waals surface area contributed by atoms with E-state index in [-0.39, 0.29) is 6.04 Å². The minimum atomic E-state index is -0.857. The molecule has 1 aliphatic heterocycles. The SMILES string of the molecule is F[C@H]1CCNC[C@@H]1Nc1cccc(-c2cnc3cnc(C4CC4)cn23)n1. The Hall–Kier alpha value is -2.54. The molecule has 0 unspecified atom stereocenters. The summed E-state index contributed by atoms with van der Waals surface area (Å²) in [6.07, 6.45) is 7.80. The minimum Gasteiger partial charge on any atom is -0.363 e. The topological polar surface area (TPSA) is 67.1 Å². The van der Waals surface area contributed by atoms with Crippen molar-refractivity contribution in [2.75, 3.05) is 18.4 Å². The number of aromatic nitrogens is 4. The smallest absolute Gasteiger partial charge is 0.155 e. The highest BCUT2D eigenvalue weighted by Crippen LogP contribution is 2.39. The first-order chi connectivity index (χ1) is 12.8. The van der Waals surface area contributed by atoms with Gasteiger partial charge in [-0.05, 0) is 37.9 Å². The molecule has 0 spiro atoms. The number of alkyl halides is 1. The van der Waals surface area contributed by atoms with Crippen LogP contribution in [0.25, 0.3) is 17.0 Å². The second-order valence-corrected chi connectivity index (χ2v) is 7.13. The van der Waals surface area contributed by atoms with Crippen LogP contribution in [0.15, 0.2) is 36.8 Å². The molecule has 134 valence electrons. The molecule has 1 saturated heterocycles. The van der Waals surface area contributed by atoms with Gasteiger partial charge in [-0.15, -0.1) is 0 Å². The van der Waals surface area contributed by atoms with E-state index in [0.29, 0.717) is 24.7 Å². The third-order valence-electron chi connectivity index (χ3n) is 5.15. The van der Waals surface area contributed by atoms with Crippen molar-refractivity contribution >= 4 is 11.5 Å². The number of hydrogen-bond donors (Lipinski definition) is 2. The quantitative estimate of drug-likeness (QED) is 0.756. The lowest BCUT2D eigenvalue weighted by molar-refractivity contribution is 0.241. The Morgan fingerprint density at radius 1 is 1.15 bits per heavy atom. The number of hydrogen-bond acceptors (Lipinski definition) is 5. The largest absolute Gasteiger partial charge is 0.363 e. The third-order valence-corrected chi connectivity index (χ3v) is 5.15. The predicted octanol–water partition coefficient (Wildman–Crippen LogP) is 2.78. The van der Waals surface area contributed by atoms with Gasteiger partial charge in [0.1, 0.15) is 12.0 Å². The van der Waals surface area contributed by atoms with Crippen molar-refractivity contribution in [1.29, 1.82) is 0 Å². The number of pyridine rings is 1. The Kier molecular flexibility index (Phi) is 3.81. The molecule has 1 saturated carbocycles. The van der Waals surface area contributed by atoms with Crippen molar-refractivity contribution in [3.05, 3.63) is 42.5 Å². The standard InChI is InChI=1S/C19H21FN6/c20-13-6-7-21-8-15(13)25-18-3-1-2-14(24-18)17-9-23-19-10-22-16(11-26(17)19)12-4-5-12/h1-3,9-13,15,21H,4-8H2,(H,24,25)/t13-,15-/m0/s1. The normalized spacial score (nSPS) is 23.3. The van der Waals surface area contributed by atoms with Gasteiger partial charge in [0.05, 0.1) is 35.5 Å². The molecule has 2 aliphatic rings. The van der Waals surface area contributed by atoms with E-state index in [4.69, 9.17) is 4.98 Å². The van der Waals surface area contributed by atoms with Crippen molar-refractivity contribution in [3.8, 4) is 11.4 Å². The number of fused-ring (bicyclic) bond motifs is 1. The van der Waals surface area contributed by atoms with E-state index in [1.165, 1.54) is 12.8 Å². The number of anilines is 1. The molecule has 7 heteroatoms. The molecule has 2 fully saturated rings. The van der Waals surface area contributed by atoms with Crippen molar-refractivity contribution in [3.63, 3.8) is 0 Å². The van der Waals surface area contributed by atoms with Gasteiger partial charge >= 0.3 is 0 Å². The molecule has 2 N–H and O–H groups in total. The molecule has 0 aromatic carbocycles. The van der Waals surface area contributed by atoms with Crippen molar-refractivity contribution in [2.45, 2.75) is 37.4 Å². The Bertz CT molecular complexity index is 935. The van der Waals surface area contributed by atoms with Crippen molar-refractivity contribution < 1.29 is 4.39 Å². The second kappa shape index (κ2) is 6.32. The lowest BCUT2D eigenvalue weighted by Crippen LogP contribution is -2.46. The molecular formula is C19H21FN6. The van der Waals surface area contributed by atoms with E-state index < -0.39 is 6.17 Å². The van der Waals surface area contributed by atoms with Crippen LogP contribution in [0.5, 0.6) is 0 Å². The van der Waals surface area contributed by atoms with E-state index in [2.05, 4.69) is 26.8 Å². The van der Waals surface area contributed by atoms with Gasteiger partial charge in [-0.1, -0.05) is 6.07 Å². The van der Waals surface area contributed by atoms with E-state index in [0.717, 1.165) is 29.3 Å². The molecule has 0 amide bonds. The summed E-state index contributed by atoms with van der Waals surface area (Å²) in [6.45, 7) is 1.34. The number of halogens is 1. The monoisotopic (exact) mass is 352 g/mol. The fraction of sp³-hybridized carbons (Fsp3) is 0.421. The summed E-state index contributed by atoms with van der Waals surface area (Å²) >= 11 is 0. The minimum absolute atomic E-state index is 0.251. The predicted molar refractivity (Wildman–Crippen MR) is 98.0 cm³/mol. The Balaban J connectivity index is 1.46. The van der Waals surface area contributed by atoms with Crippen LogP contribution in [0.2, 0.25) is 0 Å². The number of piperidine rings is 1. The number of rotatable bonds is 4. The average Bonchev–Trinajstić information content (AvgIpc) is 3.43. The molecule has 2 atom stereocenters. The molecule has 3 aromatic heterocycles. The highest BCUT2D eigenvalue weighted by molar-refractivity contribution is 5.61. The van der Waals surface area contributed by atoms with E-state index in [1.807, 2.05) is 35.0 Å². The fourth-order valence-corrected chi connectivity index (χ4v) is 3.50. The molecule has 6 nitrogen and oxygen atoms in total. The van der Waals surface area contributed by atoms with Crippen LogP contribution in [0.1, 0.15) is 30.9 Å². The molecule has 3 aromatic rings. The molecular weight excluding hydrogens is 331 g/mol. The van der Waals surface area contributed by atoms with Crippen LogP contribution in [-0.4, -0.2) is 44.7 Å². The number of nitrogens with zero attached hydrogens (tertiary/aromatic N) is 4.